The second kappa shape index (κ2) is 5.23. The maximum Gasteiger partial charge on any atom is 0.244 e. The van der Waals surface area contributed by atoms with Crippen molar-refractivity contribution in [2.75, 3.05) is 19.8 Å². The van der Waals surface area contributed by atoms with Gasteiger partial charge < -0.3 is 9.64 Å². The molecular weight excluding hydrogens is 260 g/mol. The summed E-state index contributed by atoms with van der Waals surface area (Å²) in [5, 5.41) is 5.60. The minimum atomic E-state index is -0.236. The fourth-order valence-corrected chi connectivity index (χ4v) is 3.45. The Morgan fingerprint density at radius 1 is 1.58 bits per heavy atom. The molecule has 5 heteroatoms. The molecule has 104 valence electrons. The second-order valence-electron chi connectivity index (χ2n) is 5.19. The van der Waals surface area contributed by atoms with E-state index in [2.05, 4.69) is 16.8 Å². The molecule has 1 amide bonds. The minimum Gasteiger partial charge on any atom is -0.382 e. The molecule has 1 aliphatic heterocycles. The highest BCUT2D eigenvalue weighted by atomic mass is 32.1. The molecule has 1 saturated heterocycles. The van der Waals surface area contributed by atoms with Gasteiger partial charge in [-0.2, -0.15) is 0 Å². The Hall–Kier alpha value is -0.910. The zero-order valence-electron chi connectivity index (χ0n) is 11.2. The fourth-order valence-electron chi connectivity index (χ4n) is 2.66. The van der Waals surface area contributed by atoms with E-state index in [-0.39, 0.29) is 17.6 Å². The van der Waals surface area contributed by atoms with Crippen LogP contribution in [0.1, 0.15) is 37.2 Å². The molecule has 2 heterocycles. The van der Waals surface area contributed by atoms with Crippen molar-refractivity contribution in [3.63, 3.8) is 0 Å². The molecule has 1 aromatic rings. The molecule has 1 aliphatic carbocycles. The molecular formula is C14H20N2O2S. The summed E-state index contributed by atoms with van der Waals surface area (Å²) in [4.78, 5) is 15.7. The monoisotopic (exact) mass is 280 g/mol. The Kier molecular flexibility index (Phi) is 3.60. The summed E-state index contributed by atoms with van der Waals surface area (Å²) in [5.41, 5.74) is -0.236. The highest BCUT2D eigenvalue weighted by molar-refractivity contribution is 7.10. The number of hydrogen-bond acceptors (Lipinski definition) is 4. The third-order valence-electron chi connectivity index (χ3n) is 3.85. The van der Waals surface area contributed by atoms with Crippen LogP contribution in [0.15, 0.2) is 17.5 Å². The van der Waals surface area contributed by atoms with Gasteiger partial charge in [0, 0.05) is 24.6 Å². The fraction of sp³-hybridized carbons (Fsp3) is 0.643. The number of carbonyl (C=O) groups excluding carboxylic acids is 1. The van der Waals surface area contributed by atoms with Gasteiger partial charge in [-0.25, -0.2) is 0 Å². The highest BCUT2D eigenvalue weighted by Crippen LogP contribution is 2.46. The van der Waals surface area contributed by atoms with Crippen LogP contribution in [0.25, 0.3) is 0 Å². The Morgan fingerprint density at radius 3 is 3.05 bits per heavy atom. The quantitative estimate of drug-likeness (QED) is 0.812. The molecule has 1 saturated carbocycles. The van der Waals surface area contributed by atoms with Gasteiger partial charge in [-0.15, -0.1) is 11.3 Å². The second-order valence-corrected chi connectivity index (χ2v) is 6.17. The first-order chi connectivity index (χ1) is 9.27. The molecule has 0 radical (unpaired) electrons. The van der Waals surface area contributed by atoms with Crippen molar-refractivity contribution in [2.45, 2.75) is 37.9 Å². The van der Waals surface area contributed by atoms with Gasteiger partial charge in [0.2, 0.25) is 5.91 Å². The molecule has 1 atom stereocenters. The Labute approximate surface area is 117 Å². The summed E-state index contributed by atoms with van der Waals surface area (Å²) < 4.78 is 5.37. The van der Waals surface area contributed by atoms with E-state index < -0.39 is 0 Å². The maximum atomic E-state index is 12.5. The standard InChI is InChI=1S/C14H20N2O2S/c1-2-18-9-4-8-16-12(11-5-3-10-19-11)15-14(6-7-14)13(16)17/h3,5,10,12,15H,2,4,6-9H2,1H3. The van der Waals surface area contributed by atoms with Gasteiger partial charge in [0.1, 0.15) is 11.7 Å². The maximum absolute atomic E-state index is 12.5. The Balaban J connectivity index is 1.68. The first-order valence-electron chi connectivity index (χ1n) is 6.97. The first-order valence-corrected chi connectivity index (χ1v) is 7.85. The van der Waals surface area contributed by atoms with Crippen LogP contribution >= 0.6 is 11.3 Å². The predicted octanol–water partition coefficient (Wildman–Crippen LogP) is 2.14. The van der Waals surface area contributed by atoms with Crippen LogP contribution in [-0.2, 0) is 9.53 Å². The average molecular weight is 280 g/mol. The number of rotatable bonds is 6. The molecule has 1 N–H and O–H groups in total. The summed E-state index contributed by atoms with van der Waals surface area (Å²) >= 11 is 1.71. The van der Waals surface area contributed by atoms with Gasteiger partial charge in [-0.3, -0.25) is 10.1 Å². The number of amides is 1. The van der Waals surface area contributed by atoms with Gasteiger partial charge in [-0.05, 0) is 37.6 Å². The van der Waals surface area contributed by atoms with E-state index in [4.69, 9.17) is 4.74 Å². The molecule has 2 aliphatic rings. The lowest BCUT2D eigenvalue weighted by Crippen LogP contribution is -2.33. The number of carbonyl (C=O) groups is 1. The van der Waals surface area contributed by atoms with E-state index in [1.807, 2.05) is 17.9 Å². The zero-order valence-corrected chi connectivity index (χ0v) is 12.0. The van der Waals surface area contributed by atoms with Crippen molar-refractivity contribution in [1.29, 1.82) is 0 Å². The lowest BCUT2D eigenvalue weighted by atomic mass is 10.2. The number of nitrogens with one attached hydrogen (secondary N) is 1. The van der Waals surface area contributed by atoms with E-state index in [1.165, 1.54) is 4.88 Å². The average Bonchev–Trinajstić information content (AvgIpc) is 2.89. The van der Waals surface area contributed by atoms with Crippen molar-refractivity contribution in [3.05, 3.63) is 22.4 Å². The molecule has 3 rings (SSSR count). The van der Waals surface area contributed by atoms with E-state index in [0.29, 0.717) is 0 Å². The van der Waals surface area contributed by atoms with E-state index in [1.54, 1.807) is 11.3 Å². The molecule has 4 nitrogen and oxygen atoms in total. The molecule has 1 unspecified atom stereocenters. The summed E-state index contributed by atoms with van der Waals surface area (Å²) in [6.07, 6.45) is 2.93. The van der Waals surface area contributed by atoms with Gasteiger partial charge in [0.25, 0.3) is 0 Å². The molecule has 0 bridgehead atoms. The van der Waals surface area contributed by atoms with Crippen LogP contribution in [-0.4, -0.2) is 36.1 Å². The van der Waals surface area contributed by atoms with Crippen molar-refractivity contribution in [2.24, 2.45) is 0 Å². The summed E-state index contributed by atoms with van der Waals surface area (Å²) in [7, 11) is 0. The molecule has 0 aromatic carbocycles. The third-order valence-corrected chi connectivity index (χ3v) is 4.77. The zero-order chi connectivity index (χ0) is 13.3. The minimum absolute atomic E-state index is 0.0663. The van der Waals surface area contributed by atoms with E-state index in [9.17, 15) is 4.79 Å². The topological polar surface area (TPSA) is 41.6 Å². The largest absolute Gasteiger partial charge is 0.382 e. The van der Waals surface area contributed by atoms with Crippen molar-refractivity contribution in [3.8, 4) is 0 Å². The van der Waals surface area contributed by atoms with Gasteiger partial charge >= 0.3 is 0 Å². The van der Waals surface area contributed by atoms with Gasteiger partial charge in [-0.1, -0.05) is 6.07 Å². The Morgan fingerprint density at radius 2 is 2.42 bits per heavy atom. The first kappa shape index (κ1) is 13.1. The number of nitrogens with zero attached hydrogens (tertiary/aromatic N) is 1. The van der Waals surface area contributed by atoms with Gasteiger partial charge in [0.15, 0.2) is 0 Å². The highest BCUT2D eigenvalue weighted by Gasteiger charge is 2.59. The SMILES string of the molecule is CCOCCCN1C(=O)C2(CC2)NC1c1cccs1. The number of hydrogen-bond donors (Lipinski definition) is 1. The lowest BCUT2D eigenvalue weighted by molar-refractivity contribution is -0.131. The number of thiophene rings is 1. The summed E-state index contributed by atoms with van der Waals surface area (Å²) in [6.45, 7) is 4.24. The predicted molar refractivity (Wildman–Crippen MR) is 75.0 cm³/mol. The van der Waals surface area contributed by atoms with Crippen LogP contribution < -0.4 is 5.32 Å². The van der Waals surface area contributed by atoms with E-state index >= 15 is 0 Å². The molecule has 1 aromatic heterocycles. The summed E-state index contributed by atoms with van der Waals surface area (Å²) in [5.74, 6) is 0.280. The molecule has 1 spiro atoms. The van der Waals surface area contributed by atoms with Crippen molar-refractivity contribution < 1.29 is 9.53 Å². The van der Waals surface area contributed by atoms with Crippen LogP contribution in [0.4, 0.5) is 0 Å². The Bertz CT molecular complexity index is 442. The van der Waals surface area contributed by atoms with Crippen LogP contribution in [0.2, 0.25) is 0 Å². The van der Waals surface area contributed by atoms with E-state index in [0.717, 1.165) is 39.0 Å². The van der Waals surface area contributed by atoms with Crippen LogP contribution in [0.3, 0.4) is 0 Å². The number of ether oxygens (including phenoxy) is 1. The molecule has 19 heavy (non-hydrogen) atoms. The normalized spacial score (nSPS) is 24.4. The van der Waals surface area contributed by atoms with Crippen LogP contribution in [0, 0.1) is 0 Å². The van der Waals surface area contributed by atoms with Crippen molar-refractivity contribution in [1.82, 2.24) is 10.2 Å². The van der Waals surface area contributed by atoms with Gasteiger partial charge in [0.05, 0.1) is 0 Å². The molecule has 2 fully saturated rings. The smallest absolute Gasteiger partial charge is 0.244 e. The summed E-state index contributed by atoms with van der Waals surface area (Å²) in [6, 6.07) is 4.15. The third kappa shape index (κ3) is 2.42. The van der Waals surface area contributed by atoms with Crippen LogP contribution in [0.5, 0.6) is 0 Å². The van der Waals surface area contributed by atoms with Crippen molar-refractivity contribution >= 4 is 17.2 Å². The lowest BCUT2D eigenvalue weighted by Gasteiger charge is -2.23.